The highest BCUT2D eigenvalue weighted by atomic mass is 16.2. The molecule has 0 aliphatic carbocycles. The minimum atomic E-state index is -0.189. The maximum atomic E-state index is 11.7. The Balaban J connectivity index is 2.31. The maximum absolute atomic E-state index is 11.7. The third-order valence-corrected chi connectivity index (χ3v) is 2.22. The zero-order valence-electron chi connectivity index (χ0n) is 9.82. The first-order valence-corrected chi connectivity index (χ1v) is 5.48. The summed E-state index contributed by atoms with van der Waals surface area (Å²) in [6, 6.07) is 6.91. The first-order valence-electron chi connectivity index (χ1n) is 5.48. The van der Waals surface area contributed by atoms with Gasteiger partial charge in [0, 0.05) is 25.7 Å². The monoisotopic (exact) mass is 235 g/mol. The van der Waals surface area contributed by atoms with E-state index in [0.29, 0.717) is 30.8 Å². The van der Waals surface area contributed by atoms with Crippen LogP contribution in [0.15, 0.2) is 24.3 Å². The first kappa shape index (κ1) is 13.0. The summed E-state index contributed by atoms with van der Waals surface area (Å²) < 4.78 is 0. The molecule has 0 unspecified atom stereocenters. The molecule has 2 amide bonds. The third-order valence-electron chi connectivity index (χ3n) is 2.22. The van der Waals surface area contributed by atoms with Crippen molar-refractivity contribution in [1.29, 1.82) is 0 Å². The summed E-state index contributed by atoms with van der Waals surface area (Å²) >= 11 is 0. The zero-order chi connectivity index (χ0) is 12.7. The molecule has 5 nitrogen and oxygen atoms in total. The van der Waals surface area contributed by atoms with Crippen molar-refractivity contribution >= 4 is 17.5 Å². The molecule has 0 atom stereocenters. The molecule has 0 fully saturated rings. The lowest BCUT2D eigenvalue weighted by atomic mass is 10.1. The van der Waals surface area contributed by atoms with Gasteiger partial charge in [0.25, 0.3) is 5.91 Å². The zero-order valence-corrected chi connectivity index (χ0v) is 9.82. The molecule has 0 saturated heterocycles. The van der Waals surface area contributed by atoms with Crippen LogP contribution >= 0.6 is 0 Å². The number of carbonyl (C=O) groups is 2. The van der Waals surface area contributed by atoms with Gasteiger partial charge in [-0.15, -0.1) is 0 Å². The maximum Gasteiger partial charge on any atom is 0.253 e. The normalized spacial score (nSPS) is 9.71. The van der Waals surface area contributed by atoms with Gasteiger partial charge in [-0.25, -0.2) is 0 Å². The van der Waals surface area contributed by atoms with Crippen molar-refractivity contribution in [3.05, 3.63) is 29.8 Å². The highest BCUT2D eigenvalue weighted by Gasteiger charge is 2.07. The summed E-state index contributed by atoms with van der Waals surface area (Å²) in [5.74, 6) is -0.255. The average molecular weight is 235 g/mol. The molecular weight excluding hydrogens is 218 g/mol. The lowest BCUT2D eigenvalue weighted by Crippen LogP contribution is -2.29. The van der Waals surface area contributed by atoms with Crippen molar-refractivity contribution in [2.75, 3.05) is 18.8 Å². The number of nitrogens with two attached hydrogens (primary N) is 1. The van der Waals surface area contributed by atoms with Gasteiger partial charge in [-0.3, -0.25) is 9.59 Å². The molecule has 1 aromatic rings. The number of anilines is 1. The van der Waals surface area contributed by atoms with Crippen LogP contribution in [0.1, 0.15) is 23.7 Å². The van der Waals surface area contributed by atoms with Crippen LogP contribution in [0.25, 0.3) is 0 Å². The van der Waals surface area contributed by atoms with Crippen molar-refractivity contribution in [2.45, 2.75) is 13.3 Å². The van der Waals surface area contributed by atoms with Gasteiger partial charge in [0.15, 0.2) is 0 Å². The number of nitrogen functional groups attached to an aromatic ring is 1. The molecule has 0 aliphatic rings. The minimum Gasteiger partial charge on any atom is -0.398 e. The van der Waals surface area contributed by atoms with Crippen LogP contribution in [0.3, 0.4) is 0 Å². The molecule has 4 N–H and O–H groups in total. The molecular formula is C12H17N3O2. The molecule has 0 aromatic heterocycles. The Bertz CT molecular complexity index is 404. The van der Waals surface area contributed by atoms with Gasteiger partial charge in [0.2, 0.25) is 5.91 Å². The van der Waals surface area contributed by atoms with E-state index in [2.05, 4.69) is 10.6 Å². The smallest absolute Gasteiger partial charge is 0.253 e. The van der Waals surface area contributed by atoms with Gasteiger partial charge < -0.3 is 16.4 Å². The minimum absolute atomic E-state index is 0.0661. The van der Waals surface area contributed by atoms with Crippen molar-refractivity contribution < 1.29 is 9.59 Å². The number of hydrogen-bond acceptors (Lipinski definition) is 3. The second-order valence-corrected chi connectivity index (χ2v) is 3.68. The lowest BCUT2D eigenvalue weighted by molar-refractivity contribution is -0.118. The number of amides is 2. The standard InChI is InChI=1S/C12H17N3O2/c1-9(16)14-7-4-8-15-12(17)10-5-2-3-6-11(10)13/h2-3,5-6H,4,7-8,13H2,1H3,(H,14,16)(H,15,17). The molecule has 92 valence electrons. The number of hydrogen-bond donors (Lipinski definition) is 3. The lowest BCUT2D eigenvalue weighted by Gasteiger charge is -2.07. The number of para-hydroxylation sites is 1. The van der Waals surface area contributed by atoms with Crippen molar-refractivity contribution in [3.63, 3.8) is 0 Å². The molecule has 0 bridgehead atoms. The predicted octanol–water partition coefficient (Wildman–Crippen LogP) is 0.525. The van der Waals surface area contributed by atoms with Crippen molar-refractivity contribution in [3.8, 4) is 0 Å². The Morgan fingerprint density at radius 2 is 1.82 bits per heavy atom. The Labute approximate surface area is 100 Å². The molecule has 0 spiro atoms. The van der Waals surface area contributed by atoms with Gasteiger partial charge >= 0.3 is 0 Å². The second kappa shape index (κ2) is 6.52. The van der Waals surface area contributed by atoms with Gasteiger partial charge in [0.05, 0.1) is 5.56 Å². The van der Waals surface area contributed by atoms with E-state index < -0.39 is 0 Å². The number of nitrogens with one attached hydrogen (secondary N) is 2. The van der Waals surface area contributed by atoms with Crippen LogP contribution in [0, 0.1) is 0 Å². The molecule has 0 heterocycles. The van der Waals surface area contributed by atoms with E-state index in [0.717, 1.165) is 0 Å². The van der Waals surface area contributed by atoms with E-state index in [4.69, 9.17) is 5.73 Å². The fraction of sp³-hybridized carbons (Fsp3) is 0.333. The van der Waals surface area contributed by atoms with E-state index in [1.54, 1.807) is 24.3 Å². The summed E-state index contributed by atoms with van der Waals surface area (Å²) in [7, 11) is 0. The molecule has 1 aromatic carbocycles. The third kappa shape index (κ3) is 4.55. The predicted molar refractivity (Wildman–Crippen MR) is 66.5 cm³/mol. The van der Waals surface area contributed by atoms with Crippen molar-refractivity contribution in [2.24, 2.45) is 0 Å². The van der Waals surface area contributed by atoms with E-state index in [1.165, 1.54) is 6.92 Å². The molecule has 5 heteroatoms. The summed E-state index contributed by atoms with van der Waals surface area (Å²) in [6.07, 6.45) is 0.693. The number of rotatable bonds is 5. The highest BCUT2D eigenvalue weighted by Crippen LogP contribution is 2.09. The number of carbonyl (C=O) groups excluding carboxylic acids is 2. The summed E-state index contributed by atoms with van der Waals surface area (Å²) in [5, 5.41) is 5.40. The fourth-order valence-corrected chi connectivity index (χ4v) is 1.35. The Morgan fingerprint density at radius 1 is 1.18 bits per heavy atom. The molecule has 1 rings (SSSR count). The van der Waals surface area contributed by atoms with Crippen LogP contribution in [-0.4, -0.2) is 24.9 Å². The van der Waals surface area contributed by atoms with Gasteiger partial charge in [-0.1, -0.05) is 12.1 Å². The van der Waals surface area contributed by atoms with E-state index in [-0.39, 0.29) is 11.8 Å². The average Bonchev–Trinajstić information content (AvgIpc) is 2.28. The van der Waals surface area contributed by atoms with Gasteiger partial charge in [-0.05, 0) is 18.6 Å². The first-order chi connectivity index (χ1) is 8.11. The van der Waals surface area contributed by atoms with Crippen LogP contribution in [-0.2, 0) is 4.79 Å². The summed E-state index contributed by atoms with van der Waals surface area (Å²) in [5.41, 5.74) is 6.62. The molecule has 0 radical (unpaired) electrons. The van der Waals surface area contributed by atoms with Crippen molar-refractivity contribution in [1.82, 2.24) is 10.6 Å². The van der Waals surface area contributed by atoms with Gasteiger partial charge in [0.1, 0.15) is 0 Å². The summed E-state index contributed by atoms with van der Waals surface area (Å²) in [6.45, 7) is 2.52. The Morgan fingerprint density at radius 3 is 2.47 bits per heavy atom. The van der Waals surface area contributed by atoms with E-state index in [9.17, 15) is 9.59 Å². The molecule has 0 aliphatic heterocycles. The quantitative estimate of drug-likeness (QED) is 0.514. The van der Waals surface area contributed by atoms with Crippen LogP contribution in [0.4, 0.5) is 5.69 Å². The SMILES string of the molecule is CC(=O)NCCCNC(=O)c1ccccc1N. The van der Waals surface area contributed by atoms with E-state index in [1.807, 2.05) is 0 Å². The fourth-order valence-electron chi connectivity index (χ4n) is 1.35. The highest BCUT2D eigenvalue weighted by molar-refractivity contribution is 5.99. The van der Waals surface area contributed by atoms with E-state index >= 15 is 0 Å². The van der Waals surface area contributed by atoms with Crippen LogP contribution < -0.4 is 16.4 Å². The second-order valence-electron chi connectivity index (χ2n) is 3.68. The summed E-state index contributed by atoms with van der Waals surface area (Å²) in [4.78, 5) is 22.3. The van der Waals surface area contributed by atoms with Crippen LogP contribution in [0.2, 0.25) is 0 Å². The molecule has 17 heavy (non-hydrogen) atoms. The number of benzene rings is 1. The Kier molecular flexibility index (Phi) is 5.00. The largest absolute Gasteiger partial charge is 0.398 e. The van der Waals surface area contributed by atoms with Gasteiger partial charge in [-0.2, -0.15) is 0 Å². The topological polar surface area (TPSA) is 84.2 Å². The Hall–Kier alpha value is -2.04. The molecule has 0 saturated carbocycles. The van der Waals surface area contributed by atoms with Crippen LogP contribution in [0.5, 0.6) is 0 Å².